The van der Waals surface area contributed by atoms with Crippen molar-refractivity contribution in [1.82, 2.24) is 19.5 Å². The molecule has 1 atom stereocenters. The van der Waals surface area contributed by atoms with Crippen LogP contribution in [0.4, 0.5) is 15.9 Å². The van der Waals surface area contributed by atoms with E-state index in [9.17, 15) is 9.18 Å². The summed E-state index contributed by atoms with van der Waals surface area (Å²) in [6.45, 7) is -15.1. The van der Waals surface area contributed by atoms with Crippen molar-refractivity contribution in [2.45, 2.75) is 39.0 Å². The number of halogens is 1. The number of carbonyl (C=O) groups excluding carboxylic acids is 1. The van der Waals surface area contributed by atoms with Crippen molar-refractivity contribution in [2.75, 3.05) is 16.8 Å². The Morgan fingerprint density at radius 3 is 3.03 bits per heavy atom. The van der Waals surface area contributed by atoms with Gasteiger partial charge in [-0.15, -0.1) is 0 Å². The van der Waals surface area contributed by atoms with Crippen molar-refractivity contribution in [3.05, 3.63) is 48.7 Å². The largest absolute Gasteiger partial charge is 0.340 e. The van der Waals surface area contributed by atoms with E-state index in [-0.39, 0.29) is 21.2 Å². The SMILES string of the molecule is [2H]C([2H])([2H])N1C(=O)[C@@H](C([2H])([2H])C([2H])([2H])[2H])N(C([2H])(C([2H])([2H])[2H])C([2H])([2H])[2H])c2nc(-n3ccnc3-c3cccc(F)c3)ncc21. The molecular weight excluding hydrogens is 371 g/mol. The molecule has 0 fully saturated rings. The highest BCUT2D eigenvalue weighted by molar-refractivity contribution is 6.04. The summed E-state index contributed by atoms with van der Waals surface area (Å²) in [5, 5.41) is 0. The molecule has 4 rings (SSSR count). The van der Waals surface area contributed by atoms with Gasteiger partial charge in [0.2, 0.25) is 11.9 Å². The Labute approximate surface area is 189 Å². The normalized spacial score (nSPS) is 26.7. The molecule has 0 saturated carbocycles. The third-order valence-corrected chi connectivity index (χ3v) is 4.24. The lowest BCUT2D eigenvalue weighted by molar-refractivity contribution is -0.120. The quantitative estimate of drug-likeness (QED) is 0.660. The third kappa shape index (κ3) is 3.14. The Balaban J connectivity index is 2.15. The molecule has 0 aliphatic carbocycles. The molecular formula is C21H23FN6O. The predicted molar refractivity (Wildman–Crippen MR) is 110 cm³/mol. The molecule has 0 bridgehead atoms. The van der Waals surface area contributed by atoms with Gasteiger partial charge in [0.15, 0.2) is 5.82 Å². The molecule has 0 spiro atoms. The first-order chi connectivity index (χ1) is 19.9. The van der Waals surface area contributed by atoms with Crippen LogP contribution in [0.15, 0.2) is 42.9 Å². The molecule has 8 heteroatoms. The Morgan fingerprint density at radius 1 is 1.38 bits per heavy atom. The highest BCUT2D eigenvalue weighted by Gasteiger charge is 2.38. The van der Waals surface area contributed by atoms with Crippen LogP contribution in [-0.2, 0) is 4.79 Å². The zero-order chi connectivity index (χ0) is 33.4. The molecule has 1 amide bonds. The summed E-state index contributed by atoms with van der Waals surface area (Å²) < 4.78 is 136. The van der Waals surface area contributed by atoms with Crippen molar-refractivity contribution >= 4 is 17.4 Å². The van der Waals surface area contributed by atoms with Gasteiger partial charge in [-0.3, -0.25) is 9.36 Å². The number of aromatic nitrogens is 4. The second kappa shape index (κ2) is 7.27. The third-order valence-electron chi connectivity index (χ3n) is 4.24. The lowest BCUT2D eigenvalue weighted by atomic mass is 10.1. The number of nitrogens with zero attached hydrogens (tertiary/aromatic N) is 6. The van der Waals surface area contributed by atoms with Crippen LogP contribution in [0.25, 0.3) is 17.3 Å². The van der Waals surface area contributed by atoms with Crippen LogP contribution in [-0.4, -0.2) is 44.5 Å². The van der Waals surface area contributed by atoms with E-state index in [1.165, 1.54) is 24.5 Å². The highest BCUT2D eigenvalue weighted by Crippen LogP contribution is 2.36. The van der Waals surface area contributed by atoms with Gasteiger partial charge in [-0.25, -0.2) is 14.4 Å². The standard InChI is InChI=1S/C21H23FN6O/c1-5-16-20(29)26(4)17-12-24-21(25-19(17)28(16)13(2)3)27-10-9-23-18(27)14-7-6-8-15(22)11-14/h6-13,16H,5H2,1-4H3/t16-/m1/s1/i1D3,2D3,3D3,4D3,5D2,13D. The molecule has 2 aromatic heterocycles. The summed E-state index contributed by atoms with van der Waals surface area (Å²) in [5.74, 6) is -4.07. The summed E-state index contributed by atoms with van der Waals surface area (Å²) in [5.41, 5.74) is -0.669. The van der Waals surface area contributed by atoms with Crippen LogP contribution >= 0.6 is 0 Å². The first-order valence-corrected chi connectivity index (χ1v) is 8.16. The number of imidazole rings is 1. The average Bonchev–Trinajstić information content (AvgIpc) is 3.34. The minimum absolute atomic E-state index is 0.00582. The number of hydrogen-bond acceptors (Lipinski definition) is 5. The lowest BCUT2D eigenvalue weighted by Gasteiger charge is -2.42. The van der Waals surface area contributed by atoms with E-state index in [1.54, 1.807) is 0 Å². The van der Waals surface area contributed by atoms with Crippen LogP contribution in [0, 0.1) is 5.82 Å². The Bertz CT molecular complexity index is 1570. The fraction of sp³-hybridized carbons (Fsp3) is 0.333. The van der Waals surface area contributed by atoms with Crippen LogP contribution in [0.3, 0.4) is 0 Å². The van der Waals surface area contributed by atoms with Gasteiger partial charge in [-0.05, 0) is 32.2 Å². The summed E-state index contributed by atoms with van der Waals surface area (Å²) in [6.07, 6.45) is -0.664. The molecule has 0 saturated heterocycles. The molecule has 0 unspecified atom stereocenters. The topological polar surface area (TPSA) is 67.2 Å². The molecule has 1 aliphatic heterocycles. The first-order valence-electron chi connectivity index (χ1n) is 15.7. The predicted octanol–water partition coefficient (Wildman–Crippen LogP) is 3.44. The Hall–Kier alpha value is -3.29. The van der Waals surface area contributed by atoms with E-state index >= 15 is 0 Å². The Kier molecular flexibility index (Phi) is 2.06. The maximum Gasteiger partial charge on any atom is 0.249 e. The highest BCUT2D eigenvalue weighted by atomic mass is 19.1. The van der Waals surface area contributed by atoms with Gasteiger partial charge in [0, 0.05) is 50.1 Å². The van der Waals surface area contributed by atoms with Gasteiger partial charge in [0.05, 0.1) is 7.57 Å². The van der Waals surface area contributed by atoms with Crippen molar-refractivity contribution in [2.24, 2.45) is 0 Å². The minimum atomic E-state index is -3.97. The summed E-state index contributed by atoms with van der Waals surface area (Å²) in [7, 11) is 0. The second-order valence-corrected chi connectivity index (χ2v) is 5.95. The van der Waals surface area contributed by atoms with E-state index in [2.05, 4.69) is 15.0 Å². The summed E-state index contributed by atoms with van der Waals surface area (Å²) in [6, 6.07) is -1.93. The maximum atomic E-state index is 14.0. The summed E-state index contributed by atoms with van der Waals surface area (Å²) >= 11 is 0. The van der Waals surface area contributed by atoms with Crippen molar-refractivity contribution in [1.29, 1.82) is 0 Å². The van der Waals surface area contributed by atoms with Crippen molar-refractivity contribution in [3.8, 4) is 17.3 Å². The van der Waals surface area contributed by atoms with Crippen LogP contribution in [0.1, 0.15) is 47.5 Å². The zero-order valence-electron chi connectivity index (χ0n) is 29.6. The molecule has 7 nitrogen and oxygen atoms in total. The van der Waals surface area contributed by atoms with Gasteiger partial charge >= 0.3 is 0 Å². The van der Waals surface area contributed by atoms with Crippen LogP contribution in [0.5, 0.6) is 0 Å². The number of hydrogen-bond donors (Lipinski definition) is 0. The number of carbonyl (C=O) groups is 1. The number of fused-ring (bicyclic) bond motifs is 1. The monoisotopic (exact) mass is 409 g/mol. The van der Waals surface area contributed by atoms with E-state index in [4.69, 9.17) is 20.6 Å². The van der Waals surface area contributed by atoms with Gasteiger partial charge in [0.1, 0.15) is 23.4 Å². The van der Waals surface area contributed by atoms with Gasteiger partial charge in [-0.2, -0.15) is 4.98 Å². The molecule has 29 heavy (non-hydrogen) atoms. The maximum absolute atomic E-state index is 14.0. The lowest BCUT2D eigenvalue weighted by Crippen LogP contribution is -2.55. The number of anilines is 2. The van der Waals surface area contributed by atoms with E-state index in [0.717, 1.165) is 16.7 Å². The number of amides is 1. The number of rotatable bonds is 4. The minimum Gasteiger partial charge on any atom is -0.340 e. The van der Waals surface area contributed by atoms with Crippen molar-refractivity contribution < 1.29 is 29.7 Å². The fourth-order valence-electron chi connectivity index (χ4n) is 2.95. The van der Waals surface area contributed by atoms with Gasteiger partial charge in [0.25, 0.3) is 0 Å². The Morgan fingerprint density at radius 2 is 2.28 bits per heavy atom. The number of benzene rings is 1. The van der Waals surface area contributed by atoms with E-state index in [0.29, 0.717) is 6.20 Å². The zero-order valence-corrected chi connectivity index (χ0v) is 14.6. The van der Waals surface area contributed by atoms with E-state index < -0.39 is 75.1 Å². The molecule has 3 aromatic rings. The smallest absolute Gasteiger partial charge is 0.249 e. The average molecular weight is 410 g/mol. The summed E-state index contributed by atoms with van der Waals surface area (Å²) in [4.78, 5) is 25.9. The van der Waals surface area contributed by atoms with E-state index in [1.807, 2.05) is 0 Å². The number of likely N-dealkylation sites (N-methyl/N-ethyl adjacent to an activating group) is 1. The molecule has 150 valence electrons. The molecule has 0 N–H and O–H groups in total. The second-order valence-electron chi connectivity index (χ2n) is 5.95. The van der Waals surface area contributed by atoms with Gasteiger partial charge in [-0.1, -0.05) is 19.0 Å². The molecule has 3 heterocycles. The molecule has 0 radical (unpaired) electrons. The van der Waals surface area contributed by atoms with Crippen LogP contribution in [0.2, 0.25) is 0 Å². The first kappa shape index (κ1) is 8.22. The van der Waals surface area contributed by atoms with Crippen molar-refractivity contribution in [3.63, 3.8) is 0 Å². The van der Waals surface area contributed by atoms with Gasteiger partial charge < -0.3 is 9.80 Å². The fourth-order valence-corrected chi connectivity index (χ4v) is 2.95. The van der Waals surface area contributed by atoms with Crippen LogP contribution < -0.4 is 9.80 Å². The molecule has 1 aliphatic rings. The molecule has 1 aromatic carbocycles.